The predicted octanol–water partition coefficient (Wildman–Crippen LogP) is 2.63. The zero-order valence-electron chi connectivity index (χ0n) is 11.5. The summed E-state index contributed by atoms with van der Waals surface area (Å²) in [5.74, 6) is 0. The molecule has 1 aliphatic rings. The molecule has 0 saturated carbocycles. The van der Waals surface area contributed by atoms with E-state index in [1.807, 2.05) is 6.92 Å². The zero-order chi connectivity index (χ0) is 12.8. The first-order valence-electron chi connectivity index (χ1n) is 6.27. The van der Waals surface area contributed by atoms with Gasteiger partial charge in [-0.1, -0.05) is 27.7 Å². The summed E-state index contributed by atoms with van der Waals surface area (Å²) in [6.45, 7) is 10.8. The van der Waals surface area contributed by atoms with Crippen molar-refractivity contribution >= 4 is 0 Å². The molecule has 0 bridgehead atoms. The Bertz CT molecular complexity index is 450. The maximum Gasteiger partial charge on any atom is 0.0873 e. The van der Waals surface area contributed by atoms with Crippen molar-refractivity contribution in [2.45, 2.75) is 64.9 Å². The Balaban J connectivity index is 2.68. The minimum Gasteiger partial charge on any atom is -0.390 e. The molecule has 0 radical (unpaired) electrons. The molecule has 0 aromatic carbocycles. The van der Waals surface area contributed by atoms with Gasteiger partial charge in [0, 0.05) is 10.8 Å². The first-order valence-corrected chi connectivity index (χ1v) is 6.27. The van der Waals surface area contributed by atoms with Gasteiger partial charge in [0.2, 0.25) is 0 Å². The Morgan fingerprint density at radius 2 is 1.47 bits per heavy atom. The summed E-state index contributed by atoms with van der Waals surface area (Å²) in [5, 5.41) is 9.32. The molecule has 1 aliphatic carbocycles. The monoisotopic (exact) mass is 234 g/mol. The van der Waals surface area contributed by atoms with Crippen LogP contribution < -0.4 is 0 Å². The summed E-state index contributed by atoms with van der Waals surface area (Å²) < 4.78 is 0. The van der Waals surface area contributed by atoms with Crippen LogP contribution in [0.1, 0.15) is 63.3 Å². The van der Waals surface area contributed by atoms with E-state index in [9.17, 15) is 5.11 Å². The van der Waals surface area contributed by atoms with Crippen LogP contribution >= 0.6 is 0 Å². The first-order chi connectivity index (χ1) is 7.78. The maximum absolute atomic E-state index is 9.32. The molecule has 17 heavy (non-hydrogen) atoms. The van der Waals surface area contributed by atoms with Gasteiger partial charge in [0.25, 0.3) is 0 Å². The van der Waals surface area contributed by atoms with Crippen molar-refractivity contribution < 1.29 is 5.11 Å². The maximum atomic E-state index is 9.32. The van der Waals surface area contributed by atoms with Crippen molar-refractivity contribution in [3.8, 4) is 0 Å². The van der Waals surface area contributed by atoms with Crippen molar-refractivity contribution in [1.29, 1.82) is 0 Å². The smallest absolute Gasteiger partial charge is 0.0873 e. The molecule has 3 heteroatoms. The van der Waals surface area contributed by atoms with Crippen LogP contribution in [0.4, 0.5) is 0 Å². The molecule has 0 fully saturated rings. The molecule has 1 aromatic rings. The van der Waals surface area contributed by atoms with Gasteiger partial charge >= 0.3 is 0 Å². The second-order valence-corrected chi connectivity index (χ2v) is 6.38. The van der Waals surface area contributed by atoms with Gasteiger partial charge in [-0.3, -0.25) is 9.97 Å². The van der Waals surface area contributed by atoms with E-state index in [0.717, 1.165) is 35.6 Å². The summed E-state index contributed by atoms with van der Waals surface area (Å²) in [5.41, 5.74) is 3.92. The normalized spacial score (nSPS) is 21.1. The molecule has 0 atom stereocenters. The molecular weight excluding hydrogens is 212 g/mol. The second-order valence-electron chi connectivity index (χ2n) is 6.38. The van der Waals surface area contributed by atoms with Crippen LogP contribution in [0, 0.1) is 6.92 Å². The zero-order valence-corrected chi connectivity index (χ0v) is 11.5. The molecule has 0 saturated heterocycles. The molecule has 0 aliphatic heterocycles. The number of hydrogen-bond donors (Lipinski definition) is 1. The van der Waals surface area contributed by atoms with Crippen LogP contribution in [0.25, 0.3) is 0 Å². The Morgan fingerprint density at radius 1 is 1.00 bits per heavy atom. The van der Waals surface area contributed by atoms with E-state index >= 15 is 0 Å². The fraction of sp³-hybridized carbons (Fsp3) is 0.714. The van der Waals surface area contributed by atoms with E-state index in [2.05, 4.69) is 32.7 Å². The SMILES string of the molecule is Cc1nc2c(nc1CO)C(C)(C)CCC2(C)C. The summed E-state index contributed by atoms with van der Waals surface area (Å²) in [6, 6.07) is 0. The van der Waals surface area contributed by atoms with Gasteiger partial charge in [-0.05, 0) is 19.8 Å². The summed E-state index contributed by atoms with van der Waals surface area (Å²) in [4.78, 5) is 9.38. The molecule has 0 unspecified atom stereocenters. The van der Waals surface area contributed by atoms with Crippen LogP contribution in [0.3, 0.4) is 0 Å². The van der Waals surface area contributed by atoms with Gasteiger partial charge in [0.15, 0.2) is 0 Å². The van der Waals surface area contributed by atoms with Gasteiger partial charge in [-0.2, -0.15) is 0 Å². The third-order valence-corrected chi connectivity index (χ3v) is 3.98. The van der Waals surface area contributed by atoms with E-state index in [4.69, 9.17) is 4.98 Å². The molecule has 94 valence electrons. The van der Waals surface area contributed by atoms with E-state index < -0.39 is 0 Å². The quantitative estimate of drug-likeness (QED) is 0.812. The standard InChI is InChI=1S/C14H22N2O/c1-9-10(8-17)16-12-11(15-9)13(2,3)6-7-14(12,4)5/h17H,6-8H2,1-5H3. The summed E-state index contributed by atoms with van der Waals surface area (Å²) in [7, 11) is 0. The first kappa shape index (κ1) is 12.5. The van der Waals surface area contributed by atoms with Crippen LogP contribution in [0.15, 0.2) is 0 Å². The van der Waals surface area contributed by atoms with E-state index in [-0.39, 0.29) is 17.4 Å². The average Bonchev–Trinajstić information content (AvgIpc) is 2.24. The molecule has 2 rings (SSSR count). The van der Waals surface area contributed by atoms with E-state index in [1.165, 1.54) is 0 Å². The fourth-order valence-corrected chi connectivity index (χ4v) is 2.51. The van der Waals surface area contributed by atoms with Gasteiger partial charge < -0.3 is 5.11 Å². The lowest BCUT2D eigenvalue weighted by Gasteiger charge is -2.40. The molecular formula is C14H22N2O. The van der Waals surface area contributed by atoms with Crippen molar-refractivity contribution in [2.75, 3.05) is 0 Å². The number of nitrogens with zero attached hydrogens (tertiary/aromatic N) is 2. The summed E-state index contributed by atoms with van der Waals surface area (Å²) in [6.07, 6.45) is 2.26. The van der Waals surface area contributed by atoms with Crippen molar-refractivity contribution in [1.82, 2.24) is 9.97 Å². The number of hydrogen-bond acceptors (Lipinski definition) is 3. The van der Waals surface area contributed by atoms with Crippen LogP contribution in [0.5, 0.6) is 0 Å². The number of rotatable bonds is 1. The highest BCUT2D eigenvalue weighted by molar-refractivity contribution is 5.33. The highest BCUT2D eigenvalue weighted by atomic mass is 16.3. The van der Waals surface area contributed by atoms with Crippen LogP contribution in [-0.4, -0.2) is 15.1 Å². The molecule has 3 nitrogen and oxygen atoms in total. The Morgan fingerprint density at radius 3 is 1.94 bits per heavy atom. The Labute approximate surface area is 103 Å². The van der Waals surface area contributed by atoms with Crippen LogP contribution in [-0.2, 0) is 17.4 Å². The summed E-state index contributed by atoms with van der Waals surface area (Å²) >= 11 is 0. The molecule has 1 N–H and O–H groups in total. The topological polar surface area (TPSA) is 46.0 Å². The van der Waals surface area contributed by atoms with Crippen LogP contribution in [0.2, 0.25) is 0 Å². The van der Waals surface area contributed by atoms with Gasteiger partial charge in [0.05, 0.1) is 29.4 Å². The molecule has 0 spiro atoms. The molecule has 1 heterocycles. The minimum absolute atomic E-state index is 0.0252. The fourth-order valence-electron chi connectivity index (χ4n) is 2.51. The number of aromatic nitrogens is 2. The number of aryl methyl sites for hydroxylation is 1. The van der Waals surface area contributed by atoms with Gasteiger partial charge in [0.1, 0.15) is 0 Å². The lowest BCUT2D eigenvalue weighted by atomic mass is 9.67. The highest BCUT2D eigenvalue weighted by Crippen LogP contribution is 2.43. The van der Waals surface area contributed by atoms with Crippen molar-refractivity contribution in [2.24, 2.45) is 0 Å². The van der Waals surface area contributed by atoms with Crippen molar-refractivity contribution in [3.63, 3.8) is 0 Å². The highest BCUT2D eigenvalue weighted by Gasteiger charge is 2.40. The Hall–Kier alpha value is -0.960. The second kappa shape index (κ2) is 3.77. The number of aliphatic hydroxyl groups excluding tert-OH is 1. The Kier molecular flexibility index (Phi) is 2.77. The minimum atomic E-state index is -0.0252. The van der Waals surface area contributed by atoms with E-state index in [0.29, 0.717) is 0 Å². The third kappa shape index (κ3) is 1.97. The predicted molar refractivity (Wildman–Crippen MR) is 68.0 cm³/mol. The average molecular weight is 234 g/mol. The molecule has 1 aromatic heterocycles. The lowest BCUT2D eigenvalue weighted by Crippen LogP contribution is -2.36. The van der Waals surface area contributed by atoms with Gasteiger partial charge in [-0.15, -0.1) is 0 Å². The lowest BCUT2D eigenvalue weighted by molar-refractivity contribution is 0.268. The number of fused-ring (bicyclic) bond motifs is 1. The largest absolute Gasteiger partial charge is 0.390 e. The van der Waals surface area contributed by atoms with E-state index in [1.54, 1.807) is 0 Å². The molecule has 0 amide bonds. The van der Waals surface area contributed by atoms with Gasteiger partial charge in [-0.25, -0.2) is 0 Å². The third-order valence-electron chi connectivity index (χ3n) is 3.98. The van der Waals surface area contributed by atoms with Crippen molar-refractivity contribution in [3.05, 3.63) is 22.8 Å². The number of aliphatic hydroxyl groups is 1.